The number of Topliss-reactive ketones (excluding diaryl/α,β-unsaturated/α-hetero) is 4. The summed E-state index contributed by atoms with van der Waals surface area (Å²) in [5, 5.41) is 8.42. The standard InChI is InChI=1S/C60H83N17O12/c1-86-49-17-13-33(25-37(49)53(62)82)30-46(79)42(10-6-22-72-58(65)66)75-55(84)39-27-35(15-19-51(39)88-3)32-48(81)44(12-8-24-74-60(69)70)77-56(85)40-28-36(16-20-52(40)89-4)31-47(80)43(11-7-23-73-59(67)68)76-54(83)38-26-34(14-18-50(38)87-2)29-45(78)41(61)9-5-21-71-57(63)64/h13-20,25-28,41-44H,5-12,21-24,29-32,61H2,1-4H3,(H2,62,82)(H,75,84)(H,76,83)(H,77,85)(H4,63,64,71)(H4,65,66,72)(H4,67,68,73)(H4,69,70,74)/t41-,42+,43+,44+/m1/s1. The van der Waals surface area contributed by atoms with E-state index in [1.807, 2.05) is 0 Å². The summed E-state index contributed by atoms with van der Waals surface area (Å²) in [5.74, 6) is -4.56. The van der Waals surface area contributed by atoms with Crippen LogP contribution in [0.4, 0.5) is 0 Å². The Morgan fingerprint density at radius 1 is 0.371 bits per heavy atom. The number of benzene rings is 4. The topological polar surface area (TPSA) is 519 Å². The van der Waals surface area contributed by atoms with Gasteiger partial charge in [-0.15, -0.1) is 0 Å². The number of hydrogen-bond donors (Lipinski definition) is 13. The normalized spacial score (nSPS) is 12.1. The van der Waals surface area contributed by atoms with Crippen molar-refractivity contribution >= 4 is 70.6 Å². The summed E-state index contributed by atoms with van der Waals surface area (Å²) in [4.78, 5) is 127. The number of ether oxygens (including phenoxy) is 4. The first-order valence-corrected chi connectivity index (χ1v) is 28.4. The zero-order chi connectivity index (χ0) is 65.7. The maximum Gasteiger partial charge on any atom is 0.255 e. The van der Waals surface area contributed by atoms with Crippen molar-refractivity contribution in [2.24, 2.45) is 77.3 Å². The summed E-state index contributed by atoms with van der Waals surface area (Å²) in [6.07, 6.45) is 0.878. The predicted octanol–water partition coefficient (Wildman–Crippen LogP) is -0.796. The predicted molar refractivity (Wildman–Crippen MR) is 337 cm³/mol. The minimum atomic E-state index is -1.18. The van der Waals surface area contributed by atoms with Gasteiger partial charge in [0.05, 0.1) is 74.9 Å². The quantitative estimate of drug-likeness (QED) is 0.0148. The van der Waals surface area contributed by atoms with Gasteiger partial charge in [0.1, 0.15) is 23.0 Å². The largest absolute Gasteiger partial charge is 0.496 e. The van der Waals surface area contributed by atoms with E-state index in [-0.39, 0.29) is 159 Å². The highest BCUT2D eigenvalue weighted by atomic mass is 16.5. The fraction of sp³-hybridized carbons (Fsp3) is 0.400. The molecule has 0 aromatic heterocycles. The van der Waals surface area contributed by atoms with E-state index in [9.17, 15) is 38.4 Å². The van der Waals surface area contributed by atoms with Crippen molar-refractivity contribution < 1.29 is 57.3 Å². The van der Waals surface area contributed by atoms with E-state index < -0.39 is 65.1 Å². The van der Waals surface area contributed by atoms with E-state index in [1.165, 1.54) is 77.0 Å². The third kappa shape index (κ3) is 23.5. The number of rotatable bonds is 39. The summed E-state index contributed by atoms with van der Waals surface area (Å²) < 4.78 is 21.9. The number of guanidine groups is 4. The fourth-order valence-electron chi connectivity index (χ4n) is 9.33. The maximum absolute atomic E-state index is 14.4. The number of carbonyl (C=O) groups excluding carboxylic acids is 8. The molecule has 4 aromatic rings. The van der Waals surface area contributed by atoms with Crippen LogP contribution < -0.4 is 92.2 Å². The summed E-state index contributed by atoms with van der Waals surface area (Å²) in [6, 6.07) is 13.9. The number of nitrogens with one attached hydrogen (secondary N) is 3. The van der Waals surface area contributed by atoms with Gasteiger partial charge in [0, 0.05) is 51.9 Å². The van der Waals surface area contributed by atoms with Crippen LogP contribution in [0.3, 0.4) is 0 Å². The number of carbonyl (C=O) groups is 8. The molecule has 23 N–H and O–H groups in total. The minimum Gasteiger partial charge on any atom is -0.496 e. The first-order chi connectivity index (χ1) is 42.4. The highest BCUT2D eigenvalue weighted by molar-refractivity contribution is 6.04. The lowest BCUT2D eigenvalue weighted by molar-refractivity contribution is -0.121. The van der Waals surface area contributed by atoms with E-state index in [0.717, 1.165) is 0 Å². The third-order valence-corrected chi connectivity index (χ3v) is 13.9. The molecule has 0 unspecified atom stereocenters. The highest BCUT2D eigenvalue weighted by Gasteiger charge is 2.29. The SMILES string of the molecule is COc1ccc(CC(=O)[C@H](CCCN=C(N)N)NC(=O)c2cc(CC(=O)[C@H](CCCN=C(N)N)NC(=O)c3cc(CC(=O)[C@H](CCCN=C(N)N)NC(=O)c4cc(CC(=O)[C@H](N)CCCN=C(N)N)ccc4OC)ccc3OC)ccc2OC)cc1C(N)=O. The lowest BCUT2D eigenvalue weighted by Crippen LogP contribution is -2.42. The van der Waals surface area contributed by atoms with Crippen molar-refractivity contribution in [2.75, 3.05) is 54.6 Å². The zero-order valence-corrected chi connectivity index (χ0v) is 50.5. The van der Waals surface area contributed by atoms with Crippen molar-refractivity contribution in [1.29, 1.82) is 0 Å². The average Bonchev–Trinajstić information content (AvgIpc) is 2.33. The van der Waals surface area contributed by atoms with E-state index in [1.54, 1.807) is 24.3 Å². The van der Waals surface area contributed by atoms with Gasteiger partial charge < -0.3 is 92.2 Å². The van der Waals surface area contributed by atoms with Crippen LogP contribution in [0.5, 0.6) is 23.0 Å². The van der Waals surface area contributed by atoms with E-state index >= 15 is 0 Å². The molecule has 0 aliphatic heterocycles. The Labute approximate surface area is 515 Å². The molecule has 0 heterocycles. The molecule has 4 aromatic carbocycles. The number of ketones is 4. The third-order valence-electron chi connectivity index (χ3n) is 13.9. The smallest absolute Gasteiger partial charge is 0.255 e. The molecule has 0 saturated heterocycles. The molecular weight excluding hydrogens is 1150 g/mol. The second kappa shape index (κ2) is 36.0. The first-order valence-electron chi connectivity index (χ1n) is 28.4. The number of aliphatic imine (C=N–C) groups is 4. The Hall–Kier alpha value is -10.3. The molecule has 0 radical (unpaired) electrons. The van der Waals surface area contributed by atoms with Gasteiger partial charge in [-0.2, -0.15) is 0 Å². The lowest BCUT2D eigenvalue weighted by Gasteiger charge is -2.21. The van der Waals surface area contributed by atoms with Gasteiger partial charge in [-0.25, -0.2) is 0 Å². The van der Waals surface area contributed by atoms with E-state index in [4.69, 9.17) is 76.3 Å². The number of hydrogen-bond acceptors (Lipinski definition) is 17. The van der Waals surface area contributed by atoms with Crippen LogP contribution >= 0.6 is 0 Å². The monoisotopic (exact) mass is 1230 g/mol. The number of nitrogens with zero attached hydrogens (tertiary/aromatic N) is 4. The molecule has 0 bridgehead atoms. The molecule has 0 spiro atoms. The van der Waals surface area contributed by atoms with Crippen LogP contribution in [-0.2, 0) is 44.9 Å². The highest BCUT2D eigenvalue weighted by Crippen LogP contribution is 2.26. The molecule has 29 nitrogen and oxygen atoms in total. The Morgan fingerprint density at radius 2 is 0.618 bits per heavy atom. The average molecular weight is 1230 g/mol. The van der Waals surface area contributed by atoms with Crippen molar-refractivity contribution in [1.82, 2.24) is 16.0 Å². The van der Waals surface area contributed by atoms with Crippen LogP contribution in [0.1, 0.15) is 115 Å². The fourth-order valence-corrected chi connectivity index (χ4v) is 9.33. The summed E-state index contributed by atoms with van der Waals surface area (Å²) in [7, 11) is 5.42. The van der Waals surface area contributed by atoms with Crippen LogP contribution in [-0.4, -0.2) is 149 Å². The molecule has 89 heavy (non-hydrogen) atoms. The van der Waals surface area contributed by atoms with Gasteiger partial charge in [-0.05, 0) is 122 Å². The van der Waals surface area contributed by atoms with Gasteiger partial charge in [0.2, 0.25) is 0 Å². The minimum absolute atomic E-state index is 0.0204. The van der Waals surface area contributed by atoms with Crippen molar-refractivity contribution in [2.45, 2.75) is 101 Å². The van der Waals surface area contributed by atoms with Gasteiger partial charge in [-0.3, -0.25) is 58.3 Å². The van der Waals surface area contributed by atoms with Gasteiger partial charge in [-0.1, -0.05) is 24.3 Å². The molecule has 0 saturated carbocycles. The van der Waals surface area contributed by atoms with Crippen LogP contribution in [0.25, 0.3) is 0 Å². The molecule has 0 aliphatic carbocycles. The molecule has 4 rings (SSSR count). The molecule has 0 fully saturated rings. The summed E-state index contributed by atoms with van der Waals surface area (Å²) in [5.41, 5.74) is 57.5. The Kier molecular flexibility index (Phi) is 28.8. The van der Waals surface area contributed by atoms with E-state index in [2.05, 4.69) is 35.9 Å². The molecule has 480 valence electrons. The van der Waals surface area contributed by atoms with Gasteiger partial charge in [0.15, 0.2) is 47.0 Å². The van der Waals surface area contributed by atoms with Gasteiger partial charge in [0.25, 0.3) is 23.6 Å². The summed E-state index contributed by atoms with van der Waals surface area (Å²) in [6.45, 7) is 0.679. The van der Waals surface area contributed by atoms with Crippen LogP contribution in [0.2, 0.25) is 0 Å². The molecule has 4 amide bonds. The Bertz CT molecular complexity index is 3280. The van der Waals surface area contributed by atoms with Crippen molar-refractivity contribution in [3.8, 4) is 23.0 Å². The second-order valence-corrected chi connectivity index (χ2v) is 20.6. The van der Waals surface area contributed by atoms with Crippen molar-refractivity contribution in [3.05, 3.63) is 117 Å². The Balaban J connectivity index is 1.60. The molecular formula is C60H83N17O12. The van der Waals surface area contributed by atoms with Crippen LogP contribution in [0.15, 0.2) is 92.8 Å². The number of nitrogens with two attached hydrogens (primary N) is 10. The first kappa shape index (κ1) is 71.2. The van der Waals surface area contributed by atoms with E-state index in [0.29, 0.717) is 41.6 Å². The number of amides is 4. The summed E-state index contributed by atoms with van der Waals surface area (Å²) >= 11 is 0. The molecule has 29 heteroatoms. The second-order valence-electron chi connectivity index (χ2n) is 20.6. The van der Waals surface area contributed by atoms with Crippen LogP contribution in [0, 0.1) is 0 Å². The van der Waals surface area contributed by atoms with Gasteiger partial charge >= 0.3 is 0 Å². The molecule has 4 atom stereocenters. The number of primary amides is 1. The maximum atomic E-state index is 14.4. The zero-order valence-electron chi connectivity index (χ0n) is 50.5. The lowest BCUT2D eigenvalue weighted by atomic mass is 9.96. The number of methoxy groups -OCH3 is 4. The molecule has 0 aliphatic rings. The van der Waals surface area contributed by atoms with Crippen molar-refractivity contribution in [3.63, 3.8) is 0 Å². The Morgan fingerprint density at radius 3 is 0.876 bits per heavy atom.